The van der Waals surface area contributed by atoms with Gasteiger partial charge in [-0.2, -0.15) is 0 Å². The lowest BCUT2D eigenvalue weighted by Crippen LogP contribution is -2.27. The van der Waals surface area contributed by atoms with Gasteiger partial charge in [0.2, 0.25) is 0 Å². The molecule has 0 saturated carbocycles. The standard InChI is InChI=1S/C14H18N4OS/c1-11-18-13(10-20-11)14(19)17-7-3-6-16-9-12-4-2-5-15-8-12/h2,4-5,8,10,16H,3,6-7,9H2,1H3,(H,17,19). The van der Waals surface area contributed by atoms with Crippen molar-refractivity contribution in [1.29, 1.82) is 0 Å². The Bertz CT molecular complexity index is 541. The first-order valence-electron chi connectivity index (χ1n) is 6.55. The highest BCUT2D eigenvalue weighted by atomic mass is 32.1. The van der Waals surface area contributed by atoms with Crippen molar-refractivity contribution in [3.8, 4) is 0 Å². The van der Waals surface area contributed by atoms with Gasteiger partial charge in [-0.1, -0.05) is 6.07 Å². The lowest BCUT2D eigenvalue weighted by atomic mass is 10.3. The maximum absolute atomic E-state index is 11.7. The molecular formula is C14H18N4OS. The van der Waals surface area contributed by atoms with Crippen molar-refractivity contribution in [3.63, 3.8) is 0 Å². The number of nitrogens with zero attached hydrogens (tertiary/aromatic N) is 2. The number of pyridine rings is 1. The highest BCUT2D eigenvalue weighted by Crippen LogP contribution is 2.07. The van der Waals surface area contributed by atoms with Crippen LogP contribution in [-0.4, -0.2) is 29.0 Å². The first-order valence-corrected chi connectivity index (χ1v) is 7.43. The first-order chi connectivity index (χ1) is 9.75. The minimum atomic E-state index is -0.0957. The molecule has 0 spiro atoms. The first kappa shape index (κ1) is 14.6. The summed E-state index contributed by atoms with van der Waals surface area (Å²) in [6.45, 7) is 4.19. The van der Waals surface area contributed by atoms with Crippen LogP contribution in [0, 0.1) is 6.92 Å². The average Bonchev–Trinajstić information content (AvgIpc) is 2.90. The minimum Gasteiger partial charge on any atom is -0.351 e. The Morgan fingerprint density at radius 1 is 1.40 bits per heavy atom. The van der Waals surface area contributed by atoms with E-state index < -0.39 is 0 Å². The summed E-state index contributed by atoms with van der Waals surface area (Å²) in [5, 5.41) is 8.87. The van der Waals surface area contributed by atoms with Crippen molar-refractivity contribution in [3.05, 3.63) is 46.2 Å². The number of rotatable bonds is 7. The molecule has 0 aliphatic rings. The van der Waals surface area contributed by atoms with Crippen molar-refractivity contribution in [1.82, 2.24) is 20.6 Å². The lowest BCUT2D eigenvalue weighted by Gasteiger charge is -2.05. The molecule has 20 heavy (non-hydrogen) atoms. The van der Waals surface area contributed by atoms with Crippen molar-refractivity contribution in [2.24, 2.45) is 0 Å². The quantitative estimate of drug-likeness (QED) is 0.763. The van der Waals surface area contributed by atoms with Crippen LogP contribution in [0.15, 0.2) is 29.9 Å². The summed E-state index contributed by atoms with van der Waals surface area (Å²) < 4.78 is 0. The third kappa shape index (κ3) is 4.71. The van der Waals surface area contributed by atoms with Gasteiger partial charge in [-0.25, -0.2) is 4.98 Å². The fraction of sp³-hybridized carbons (Fsp3) is 0.357. The van der Waals surface area contributed by atoms with Gasteiger partial charge >= 0.3 is 0 Å². The Morgan fingerprint density at radius 3 is 3.00 bits per heavy atom. The largest absolute Gasteiger partial charge is 0.351 e. The number of nitrogens with one attached hydrogen (secondary N) is 2. The Labute approximate surface area is 122 Å². The van der Waals surface area contributed by atoms with Crippen molar-refractivity contribution < 1.29 is 4.79 Å². The molecule has 0 bridgehead atoms. The van der Waals surface area contributed by atoms with E-state index in [-0.39, 0.29) is 5.91 Å². The monoisotopic (exact) mass is 290 g/mol. The van der Waals surface area contributed by atoms with Crippen LogP contribution in [0.2, 0.25) is 0 Å². The number of thiazole rings is 1. The summed E-state index contributed by atoms with van der Waals surface area (Å²) in [6.07, 6.45) is 4.49. The van der Waals surface area contributed by atoms with Crippen LogP contribution < -0.4 is 10.6 Å². The SMILES string of the molecule is Cc1nc(C(=O)NCCCNCc2cccnc2)cs1. The zero-order valence-electron chi connectivity index (χ0n) is 11.4. The van der Waals surface area contributed by atoms with Gasteiger partial charge in [-0.15, -0.1) is 11.3 Å². The second-order valence-electron chi connectivity index (χ2n) is 4.40. The van der Waals surface area contributed by atoms with Crippen LogP contribution in [0.5, 0.6) is 0 Å². The molecule has 6 heteroatoms. The third-order valence-electron chi connectivity index (χ3n) is 2.72. The second-order valence-corrected chi connectivity index (χ2v) is 5.46. The molecule has 0 atom stereocenters. The molecule has 1 amide bonds. The molecule has 0 fully saturated rings. The Hall–Kier alpha value is -1.79. The molecule has 2 aromatic heterocycles. The highest BCUT2D eigenvalue weighted by molar-refractivity contribution is 7.09. The number of amides is 1. The van der Waals surface area contributed by atoms with E-state index in [9.17, 15) is 4.79 Å². The van der Waals surface area contributed by atoms with Gasteiger partial charge in [0.05, 0.1) is 5.01 Å². The van der Waals surface area contributed by atoms with Crippen LogP contribution in [0.25, 0.3) is 0 Å². The number of hydrogen-bond acceptors (Lipinski definition) is 5. The highest BCUT2D eigenvalue weighted by Gasteiger charge is 2.07. The summed E-state index contributed by atoms with van der Waals surface area (Å²) in [6, 6.07) is 3.96. The smallest absolute Gasteiger partial charge is 0.270 e. The Balaban J connectivity index is 1.57. The van der Waals surface area contributed by atoms with Gasteiger partial charge < -0.3 is 10.6 Å². The number of aryl methyl sites for hydroxylation is 1. The van der Waals surface area contributed by atoms with E-state index >= 15 is 0 Å². The molecule has 0 unspecified atom stereocenters. The molecule has 2 heterocycles. The number of hydrogen-bond donors (Lipinski definition) is 2. The summed E-state index contributed by atoms with van der Waals surface area (Å²) in [7, 11) is 0. The summed E-state index contributed by atoms with van der Waals surface area (Å²) in [5.74, 6) is -0.0957. The predicted octanol–water partition coefficient (Wildman–Crippen LogP) is 1.76. The third-order valence-corrected chi connectivity index (χ3v) is 3.49. The Morgan fingerprint density at radius 2 is 2.30 bits per heavy atom. The van der Waals surface area contributed by atoms with Crippen molar-refractivity contribution >= 4 is 17.2 Å². The van der Waals surface area contributed by atoms with Crippen LogP contribution >= 0.6 is 11.3 Å². The molecule has 0 aliphatic heterocycles. The van der Waals surface area contributed by atoms with Gasteiger partial charge in [-0.3, -0.25) is 9.78 Å². The summed E-state index contributed by atoms with van der Waals surface area (Å²) in [4.78, 5) is 19.9. The van der Waals surface area contributed by atoms with Crippen LogP contribution in [0.1, 0.15) is 27.5 Å². The number of carbonyl (C=O) groups is 1. The maximum Gasteiger partial charge on any atom is 0.270 e. The van der Waals surface area contributed by atoms with E-state index in [4.69, 9.17) is 0 Å². The van der Waals surface area contributed by atoms with Gasteiger partial charge in [0.1, 0.15) is 5.69 Å². The van der Waals surface area contributed by atoms with Gasteiger partial charge in [0.25, 0.3) is 5.91 Å². The van der Waals surface area contributed by atoms with Gasteiger partial charge in [-0.05, 0) is 31.5 Å². The fourth-order valence-corrected chi connectivity index (χ4v) is 2.30. The van der Waals surface area contributed by atoms with E-state index in [0.29, 0.717) is 12.2 Å². The second kappa shape index (κ2) is 7.72. The zero-order valence-corrected chi connectivity index (χ0v) is 12.2. The molecule has 2 N–H and O–H groups in total. The maximum atomic E-state index is 11.7. The van der Waals surface area contributed by atoms with E-state index in [1.165, 1.54) is 11.3 Å². The van der Waals surface area contributed by atoms with E-state index in [2.05, 4.69) is 20.6 Å². The topological polar surface area (TPSA) is 66.9 Å². The summed E-state index contributed by atoms with van der Waals surface area (Å²) >= 11 is 1.49. The van der Waals surface area contributed by atoms with E-state index in [1.54, 1.807) is 11.6 Å². The molecule has 106 valence electrons. The normalized spacial score (nSPS) is 10.4. The number of aromatic nitrogens is 2. The molecular weight excluding hydrogens is 272 g/mol. The molecule has 0 saturated heterocycles. The molecule has 0 aromatic carbocycles. The van der Waals surface area contributed by atoms with E-state index in [0.717, 1.165) is 30.1 Å². The van der Waals surface area contributed by atoms with Crippen LogP contribution in [0.4, 0.5) is 0 Å². The fourth-order valence-electron chi connectivity index (χ4n) is 1.71. The van der Waals surface area contributed by atoms with Crippen LogP contribution in [0.3, 0.4) is 0 Å². The average molecular weight is 290 g/mol. The molecule has 0 aliphatic carbocycles. The van der Waals surface area contributed by atoms with Crippen LogP contribution in [-0.2, 0) is 6.54 Å². The molecule has 2 rings (SSSR count). The minimum absolute atomic E-state index is 0.0957. The lowest BCUT2D eigenvalue weighted by molar-refractivity contribution is 0.0949. The van der Waals surface area contributed by atoms with Crippen molar-refractivity contribution in [2.75, 3.05) is 13.1 Å². The van der Waals surface area contributed by atoms with Crippen molar-refractivity contribution in [2.45, 2.75) is 19.9 Å². The molecule has 0 radical (unpaired) electrons. The van der Waals surface area contributed by atoms with Gasteiger partial charge in [0.15, 0.2) is 0 Å². The zero-order chi connectivity index (χ0) is 14.2. The summed E-state index contributed by atoms with van der Waals surface area (Å²) in [5.41, 5.74) is 1.67. The predicted molar refractivity (Wildman–Crippen MR) is 79.7 cm³/mol. The molecule has 2 aromatic rings. The molecule has 5 nitrogen and oxygen atoms in total. The number of carbonyl (C=O) groups excluding carboxylic acids is 1. The Kier molecular flexibility index (Phi) is 5.64. The van der Waals surface area contributed by atoms with E-state index in [1.807, 2.05) is 25.3 Å². The van der Waals surface area contributed by atoms with Gasteiger partial charge in [0, 0.05) is 30.9 Å².